The average Bonchev–Trinajstić information content (AvgIpc) is 2.39. The zero-order chi connectivity index (χ0) is 14.3. The molecule has 0 heterocycles. The van der Waals surface area contributed by atoms with Crippen LogP contribution >= 0.6 is 0 Å². The molecule has 104 valence electrons. The van der Waals surface area contributed by atoms with Gasteiger partial charge < -0.3 is 16.2 Å². The van der Waals surface area contributed by atoms with Crippen LogP contribution in [0.5, 0.6) is 0 Å². The van der Waals surface area contributed by atoms with Crippen LogP contribution in [0.3, 0.4) is 0 Å². The van der Waals surface area contributed by atoms with Crippen molar-refractivity contribution in [2.45, 2.75) is 26.2 Å². The number of amides is 1. The molecule has 1 amide bonds. The highest BCUT2D eigenvalue weighted by Gasteiger charge is 2.14. The van der Waals surface area contributed by atoms with Gasteiger partial charge >= 0.3 is 5.97 Å². The first-order valence-electron chi connectivity index (χ1n) is 6.38. The summed E-state index contributed by atoms with van der Waals surface area (Å²) >= 11 is 0. The van der Waals surface area contributed by atoms with Crippen LogP contribution < -0.4 is 11.1 Å². The molecule has 0 aromatic heterocycles. The predicted octanol–water partition coefficient (Wildman–Crippen LogP) is 1.63. The summed E-state index contributed by atoms with van der Waals surface area (Å²) in [5.74, 6) is -1.07. The first kappa shape index (κ1) is 15.2. The lowest BCUT2D eigenvalue weighted by atomic mass is 10.1. The van der Waals surface area contributed by atoms with E-state index in [0.29, 0.717) is 25.1 Å². The normalized spacial score (nSPS) is 11.9. The highest BCUT2D eigenvalue weighted by Crippen LogP contribution is 2.13. The van der Waals surface area contributed by atoms with Crippen LogP contribution in [-0.2, 0) is 16.0 Å². The number of hydrogen-bond donors (Lipinski definition) is 3. The number of anilines is 1. The van der Waals surface area contributed by atoms with Crippen molar-refractivity contribution in [2.75, 3.05) is 11.9 Å². The molecule has 0 bridgehead atoms. The van der Waals surface area contributed by atoms with Gasteiger partial charge in [-0.25, -0.2) is 0 Å². The molecule has 0 aliphatic rings. The molecule has 1 rings (SSSR count). The Morgan fingerprint density at radius 2 is 1.95 bits per heavy atom. The number of aryl methyl sites for hydroxylation is 1. The summed E-state index contributed by atoms with van der Waals surface area (Å²) in [5.41, 5.74) is 7.15. The van der Waals surface area contributed by atoms with Gasteiger partial charge in [0.05, 0.1) is 5.92 Å². The fraction of sp³-hybridized carbons (Fsp3) is 0.429. The second kappa shape index (κ2) is 7.53. The fourth-order valence-corrected chi connectivity index (χ4v) is 1.71. The van der Waals surface area contributed by atoms with Crippen LogP contribution in [0.15, 0.2) is 24.3 Å². The molecular weight excluding hydrogens is 244 g/mol. The van der Waals surface area contributed by atoms with E-state index in [1.807, 2.05) is 19.1 Å². The maximum absolute atomic E-state index is 11.8. The Labute approximate surface area is 112 Å². The van der Waals surface area contributed by atoms with E-state index in [1.54, 1.807) is 12.1 Å². The second-order valence-corrected chi connectivity index (χ2v) is 4.42. The summed E-state index contributed by atoms with van der Waals surface area (Å²) in [5, 5.41) is 11.4. The Morgan fingerprint density at radius 1 is 1.32 bits per heavy atom. The second-order valence-electron chi connectivity index (χ2n) is 4.42. The van der Waals surface area contributed by atoms with Gasteiger partial charge in [0.2, 0.25) is 5.91 Å². The minimum absolute atomic E-state index is 0.0803. The van der Waals surface area contributed by atoms with E-state index in [0.717, 1.165) is 5.56 Å². The molecule has 1 aromatic carbocycles. The lowest BCUT2D eigenvalue weighted by Gasteiger charge is -2.12. The van der Waals surface area contributed by atoms with Crippen molar-refractivity contribution in [1.82, 2.24) is 0 Å². The van der Waals surface area contributed by atoms with Gasteiger partial charge in [0, 0.05) is 18.7 Å². The van der Waals surface area contributed by atoms with Crippen molar-refractivity contribution >= 4 is 17.6 Å². The van der Waals surface area contributed by atoms with E-state index in [4.69, 9.17) is 10.8 Å². The van der Waals surface area contributed by atoms with Crippen LogP contribution in [0.4, 0.5) is 5.69 Å². The molecule has 0 aliphatic heterocycles. The van der Waals surface area contributed by atoms with Crippen molar-refractivity contribution in [3.8, 4) is 0 Å². The maximum Gasteiger partial charge on any atom is 0.303 e. The third kappa shape index (κ3) is 5.09. The third-order valence-electron chi connectivity index (χ3n) is 3.00. The van der Waals surface area contributed by atoms with E-state index >= 15 is 0 Å². The molecule has 1 unspecified atom stereocenters. The van der Waals surface area contributed by atoms with Gasteiger partial charge in [-0.3, -0.25) is 9.59 Å². The van der Waals surface area contributed by atoms with E-state index in [2.05, 4.69) is 5.32 Å². The van der Waals surface area contributed by atoms with Gasteiger partial charge in [0.1, 0.15) is 0 Å². The number of carbonyl (C=O) groups excluding carboxylic acids is 1. The number of nitrogens with two attached hydrogens (primary N) is 1. The Balaban J connectivity index is 2.56. The maximum atomic E-state index is 11.8. The predicted molar refractivity (Wildman–Crippen MR) is 73.9 cm³/mol. The first-order chi connectivity index (χ1) is 9.06. The zero-order valence-corrected chi connectivity index (χ0v) is 11.1. The van der Waals surface area contributed by atoms with Gasteiger partial charge in [-0.1, -0.05) is 19.1 Å². The summed E-state index contributed by atoms with van der Waals surface area (Å²) in [6.45, 7) is 2.26. The van der Waals surface area contributed by atoms with Crippen molar-refractivity contribution in [3.63, 3.8) is 0 Å². The Bertz CT molecular complexity index is 425. The van der Waals surface area contributed by atoms with Gasteiger partial charge in [-0.15, -0.1) is 0 Å². The van der Waals surface area contributed by atoms with E-state index < -0.39 is 5.97 Å². The minimum Gasteiger partial charge on any atom is -0.481 e. The molecule has 19 heavy (non-hydrogen) atoms. The molecule has 1 aromatic rings. The number of hydrogen-bond acceptors (Lipinski definition) is 3. The largest absolute Gasteiger partial charge is 0.481 e. The minimum atomic E-state index is -0.814. The van der Waals surface area contributed by atoms with E-state index in [-0.39, 0.29) is 18.2 Å². The van der Waals surface area contributed by atoms with Gasteiger partial charge in [-0.2, -0.15) is 0 Å². The number of carboxylic acid groups (broad SMARTS) is 1. The number of benzene rings is 1. The summed E-state index contributed by atoms with van der Waals surface area (Å²) in [7, 11) is 0. The van der Waals surface area contributed by atoms with E-state index in [1.165, 1.54) is 0 Å². The molecule has 4 N–H and O–H groups in total. The van der Waals surface area contributed by atoms with Crippen molar-refractivity contribution in [2.24, 2.45) is 11.7 Å². The quantitative estimate of drug-likeness (QED) is 0.697. The van der Waals surface area contributed by atoms with Gasteiger partial charge in [-0.05, 0) is 30.5 Å². The number of rotatable bonds is 7. The SMILES string of the molecule is CCC(CN)C(=O)Nc1ccc(CCC(=O)O)cc1. The average molecular weight is 264 g/mol. The number of nitrogens with one attached hydrogen (secondary N) is 1. The van der Waals surface area contributed by atoms with Gasteiger partial charge in [0.25, 0.3) is 0 Å². The van der Waals surface area contributed by atoms with Gasteiger partial charge in [0.15, 0.2) is 0 Å². The van der Waals surface area contributed by atoms with Crippen molar-refractivity contribution in [1.29, 1.82) is 0 Å². The molecule has 0 saturated heterocycles. The standard InChI is InChI=1S/C14H20N2O3/c1-2-11(9-15)14(19)16-12-6-3-10(4-7-12)5-8-13(17)18/h3-4,6-7,11H,2,5,8-9,15H2,1H3,(H,16,19)(H,17,18). The van der Waals surface area contributed by atoms with Crippen LogP contribution in [-0.4, -0.2) is 23.5 Å². The molecule has 0 fully saturated rings. The smallest absolute Gasteiger partial charge is 0.303 e. The first-order valence-corrected chi connectivity index (χ1v) is 6.38. The zero-order valence-electron chi connectivity index (χ0n) is 11.1. The Hall–Kier alpha value is -1.88. The summed E-state index contributed by atoms with van der Waals surface area (Å²) in [6, 6.07) is 7.19. The molecule has 0 radical (unpaired) electrons. The Kier molecular flexibility index (Phi) is 6.02. The Morgan fingerprint density at radius 3 is 2.42 bits per heavy atom. The molecule has 5 nitrogen and oxygen atoms in total. The number of carbonyl (C=O) groups is 2. The molecular formula is C14H20N2O3. The molecule has 0 aliphatic carbocycles. The third-order valence-corrected chi connectivity index (χ3v) is 3.00. The monoisotopic (exact) mass is 264 g/mol. The van der Waals surface area contributed by atoms with E-state index in [9.17, 15) is 9.59 Å². The summed E-state index contributed by atoms with van der Waals surface area (Å²) in [6.07, 6.45) is 1.31. The molecule has 1 atom stereocenters. The highest BCUT2D eigenvalue weighted by atomic mass is 16.4. The number of aliphatic carboxylic acids is 1. The van der Waals surface area contributed by atoms with Crippen LogP contribution in [0.25, 0.3) is 0 Å². The molecule has 5 heteroatoms. The summed E-state index contributed by atoms with van der Waals surface area (Å²) < 4.78 is 0. The van der Waals surface area contributed by atoms with Crippen molar-refractivity contribution < 1.29 is 14.7 Å². The van der Waals surface area contributed by atoms with Crippen LogP contribution in [0, 0.1) is 5.92 Å². The molecule has 0 saturated carbocycles. The fourth-order valence-electron chi connectivity index (χ4n) is 1.71. The lowest BCUT2D eigenvalue weighted by Crippen LogP contribution is -2.28. The molecule has 0 spiro atoms. The topological polar surface area (TPSA) is 92.4 Å². The van der Waals surface area contributed by atoms with Crippen molar-refractivity contribution in [3.05, 3.63) is 29.8 Å². The number of carboxylic acids is 1. The lowest BCUT2D eigenvalue weighted by molar-refractivity contribution is -0.137. The van der Waals surface area contributed by atoms with Crippen LogP contribution in [0.1, 0.15) is 25.3 Å². The highest BCUT2D eigenvalue weighted by molar-refractivity contribution is 5.92. The summed E-state index contributed by atoms with van der Waals surface area (Å²) in [4.78, 5) is 22.3. The van der Waals surface area contributed by atoms with Crippen LogP contribution in [0.2, 0.25) is 0 Å².